The van der Waals surface area contributed by atoms with Gasteiger partial charge in [0.25, 0.3) is 0 Å². The molecule has 1 fully saturated rings. The molecule has 0 amide bonds. The first-order valence-electron chi connectivity index (χ1n) is 4.59. The Hall–Kier alpha value is -0.0800. The third-order valence-electron chi connectivity index (χ3n) is 2.23. The van der Waals surface area contributed by atoms with Crippen molar-refractivity contribution < 1.29 is 5.11 Å². The van der Waals surface area contributed by atoms with Crippen molar-refractivity contribution >= 4 is 0 Å². The molecule has 0 aliphatic heterocycles. The molecule has 0 aromatic carbocycles. The van der Waals surface area contributed by atoms with E-state index in [1.54, 1.807) is 0 Å². The Balaban J connectivity index is 2.03. The summed E-state index contributed by atoms with van der Waals surface area (Å²) in [6.45, 7) is 4.46. The van der Waals surface area contributed by atoms with Gasteiger partial charge in [0.05, 0.1) is 6.61 Å². The second-order valence-corrected chi connectivity index (χ2v) is 3.83. The van der Waals surface area contributed by atoms with Crippen LogP contribution in [0, 0.1) is 5.92 Å². The molecule has 0 saturated heterocycles. The van der Waals surface area contributed by atoms with E-state index >= 15 is 0 Å². The quantitative estimate of drug-likeness (QED) is 0.627. The molecule has 0 heterocycles. The van der Waals surface area contributed by atoms with E-state index in [2.05, 4.69) is 12.2 Å². The molecule has 0 aromatic heterocycles. The topological polar surface area (TPSA) is 32.3 Å². The first-order valence-corrected chi connectivity index (χ1v) is 4.59. The van der Waals surface area contributed by atoms with Gasteiger partial charge < -0.3 is 10.4 Å². The SMILES string of the molecule is CC(CC1CC1)N[C@@H](C)CO. The maximum Gasteiger partial charge on any atom is 0.0582 e. The molecule has 0 spiro atoms. The molecule has 0 bridgehead atoms. The third kappa shape index (κ3) is 3.73. The van der Waals surface area contributed by atoms with Crippen LogP contribution in [0.3, 0.4) is 0 Å². The minimum atomic E-state index is 0.245. The van der Waals surface area contributed by atoms with Gasteiger partial charge in [0.15, 0.2) is 0 Å². The fraction of sp³-hybridized carbons (Fsp3) is 1.00. The summed E-state index contributed by atoms with van der Waals surface area (Å²) in [5.74, 6) is 0.975. The van der Waals surface area contributed by atoms with Crippen molar-refractivity contribution in [2.75, 3.05) is 6.61 Å². The highest BCUT2D eigenvalue weighted by Crippen LogP contribution is 2.33. The van der Waals surface area contributed by atoms with Crippen LogP contribution in [0.5, 0.6) is 0 Å². The average Bonchev–Trinajstić information content (AvgIpc) is 2.71. The van der Waals surface area contributed by atoms with Crippen molar-refractivity contribution in [2.45, 2.75) is 45.2 Å². The van der Waals surface area contributed by atoms with Crippen LogP contribution in [0.15, 0.2) is 0 Å². The van der Waals surface area contributed by atoms with E-state index in [-0.39, 0.29) is 12.6 Å². The van der Waals surface area contributed by atoms with Crippen molar-refractivity contribution in [1.82, 2.24) is 5.32 Å². The van der Waals surface area contributed by atoms with Gasteiger partial charge in [-0.3, -0.25) is 0 Å². The molecular formula is C9H19NO. The van der Waals surface area contributed by atoms with Crippen LogP contribution in [0.1, 0.15) is 33.1 Å². The second-order valence-electron chi connectivity index (χ2n) is 3.83. The highest BCUT2D eigenvalue weighted by atomic mass is 16.3. The Labute approximate surface area is 69.0 Å². The van der Waals surface area contributed by atoms with E-state index in [0.29, 0.717) is 6.04 Å². The summed E-state index contributed by atoms with van der Waals surface area (Å²) in [5, 5.41) is 12.1. The number of nitrogens with one attached hydrogen (secondary N) is 1. The Morgan fingerprint density at radius 1 is 1.36 bits per heavy atom. The smallest absolute Gasteiger partial charge is 0.0582 e. The van der Waals surface area contributed by atoms with Crippen LogP contribution in [0.2, 0.25) is 0 Å². The molecular weight excluding hydrogens is 138 g/mol. The van der Waals surface area contributed by atoms with Crippen LogP contribution >= 0.6 is 0 Å². The van der Waals surface area contributed by atoms with E-state index in [4.69, 9.17) is 5.11 Å². The van der Waals surface area contributed by atoms with Gasteiger partial charge in [-0.2, -0.15) is 0 Å². The van der Waals surface area contributed by atoms with Crippen LogP contribution < -0.4 is 5.32 Å². The summed E-state index contributed by atoms with van der Waals surface area (Å²) < 4.78 is 0. The minimum Gasteiger partial charge on any atom is -0.395 e. The molecule has 66 valence electrons. The summed E-state index contributed by atoms with van der Waals surface area (Å²) in [7, 11) is 0. The van der Waals surface area contributed by atoms with E-state index in [1.807, 2.05) is 6.92 Å². The summed E-state index contributed by atoms with van der Waals surface area (Å²) in [6.07, 6.45) is 4.11. The lowest BCUT2D eigenvalue weighted by molar-refractivity contribution is 0.239. The fourth-order valence-corrected chi connectivity index (χ4v) is 1.46. The number of rotatable bonds is 5. The molecule has 11 heavy (non-hydrogen) atoms. The van der Waals surface area contributed by atoms with Gasteiger partial charge in [0, 0.05) is 12.1 Å². The molecule has 2 nitrogen and oxygen atoms in total. The van der Waals surface area contributed by atoms with Gasteiger partial charge in [-0.25, -0.2) is 0 Å². The molecule has 1 saturated carbocycles. The van der Waals surface area contributed by atoms with Crippen molar-refractivity contribution in [3.8, 4) is 0 Å². The molecule has 1 aliphatic rings. The Kier molecular flexibility index (Phi) is 3.34. The predicted octanol–water partition coefficient (Wildman–Crippen LogP) is 1.15. The lowest BCUT2D eigenvalue weighted by Crippen LogP contribution is -2.36. The van der Waals surface area contributed by atoms with Gasteiger partial charge in [0.1, 0.15) is 0 Å². The molecule has 0 aromatic rings. The first kappa shape index (κ1) is 9.01. The van der Waals surface area contributed by atoms with Crippen LogP contribution in [-0.4, -0.2) is 23.8 Å². The molecule has 2 atom stereocenters. The first-order chi connectivity index (χ1) is 5.22. The number of hydrogen-bond donors (Lipinski definition) is 2. The van der Waals surface area contributed by atoms with Gasteiger partial charge in [0.2, 0.25) is 0 Å². The van der Waals surface area contributed by atoms with E-state index < -0.39 is 0 Å². The minimum absolute atomic E-state index is 0.245. The normalized spacial score (nSPS) is 23.2. The molecule has 0 radical (unpaired) electrons. The largest absolute Gasteiger partial charge is 0.395 e. The molecule has 2 heteroatoms. The van der Waals surface area contributed by atoms with Crippen molar-refractivity contribution in [1.29, 1.82) is 0 Å². The highest BCUT2D eigenvalue weighted by Gasteiger charge is 2.23. The van der Waals surface area contributed by atoms with Crippen molar-refractivity contribution in [3.05, 3.63) is 0 Å². The zero-order valence-electron chi connectivity index (χ0n) is 7.51. The van der Waals surface area contributed by atoms with Crippen LogP contribution in [0.25, 0.3) is 0 Å². The maximum absolute atomic E-state index is 8.77. The standard InChI is InChI=1S/C9H19NO/c1-7(5-9-3-4-9)10-8(2)6-11/h7-11H,3-6H2,1-2H3/t7?,8-/m0/s1. The monoisotopic (exact) mass is 157 g/mol. The van der Waals surface area contributed by atoms with Crippen molar-refractivity contribution in [2.24, 2.45) is 5.92 Å². The zero-order valence-corrected chi connectivity index (χ0v) is 7.51. The average molecular weight is 157 g/mol. The Morgan fingerprint density at radius 2 is 2.00 bits per heavy atom. The zero-order chi connectivity index (χ0) is 8.27. The second kappa shape index (κ2) is 4.07. The maximum atomic E-state index is 8.77. The van der Waals surface area contributed by atoms with E-state index in [9.17, 15) is 0 Å². The Morgan fingerprint density at radius 3 is 2.45 bits per heavy atom. The predicted molar refractivity (Wildman–Crippen MR) is 46.5 cm³/mol. The number of aliphatic hydroxyl groups is 1. The van der Waals surface area contributed by atoms with Gasteiger partial charge in [-0.1, -0.05) is 12.8 Å². The summed E-state index contributed by atoms with van der Waals surface area (Å²) >= 11 is 0. The summed E-state index contributed by atoms with van der Waals surface area (Å²) in [4.78, 5) is 0. The lowest BCUT2D eigenvalue weighted by Gasteiger charge is -2.17. The van der Waals surface area contributed by atoms with Gasteiger partial charge >= 0.3 is 0 Å². The molecule has 1 unspecified atom stereocenters. The van der Waals surface area contributed by atoms with Crippen LogP contribution in [-0.2, 0) is 0 Å². The molecule has 1 aliphatic carbocycles. The van der Waals surface area contributed by atoms with Gasteiger partial charge in [-0.15, -0.1) is 0 Å². The van der Waals surface area contributed by atoms with E-state index in [0.717, 1.165) is 5.92 Å². The molecule has 2 N–H and O–H groups in total. The Bertz CT molecular complexity index is 112. The summed E-state index contributed by atoms with van der Waals surface area (Å²) in [5.41, 5.74) is 0. The van der Waals surface area contributed by atoms with Crippen LogP contribution in [0.4, 0.5) is 0 Å². The van der Waals surface area contributed by atoms with Crippen molar-refractivity contribution in [3.63, 3.8) is 0 Å². The van der Waals surface area contributed by atoms with Gasteiger partial charge in [-0.05, 0) is 26.2 Å². The molecule has 1 rings (SSSR count). The lowest BCUT2D eigenvalue weighted by atomic mass is 10.1. The summed E-state index contributed by atoms with van der Waals surface area (Å²) in [6, 6.07) is 0.827. The van der Waals surface area contributed by atoms with E-state index in [1.165, 1.54) is 19.3 Å². The number of aliphatic hydroxyl groups excluding tert-OH is 1. The fourth-order valence-electron chi connectivity index (χ4n) is 1.46. The third-order valence-corrected chi connectivity index (χ3v) is 2.23. The number of hydrogen-bond acceptors (Lipinski definition) is 2. The highest BCUT2D eigenvalue weighted by molar-refractivity contribution is 4.79.